The van der Waals surface area contributed by atoms with Gasteiger partial charge in [0.15, 0.2) is 11.3 Å². The lowest BCUT2D eigenvalue weighted by atomic mass is 10.3. The van der Waals surface area contributed by atoms with Crippen LogP contribution in [-0.4, -0.2) is 65.6 Å². The van der Waals surface area contributed by atoms with Crippen LogP contribution in [0.15, 0.2) is 12.1 Å². The van der Waals surface area contributed by atoms with Gasteiger partial charge in [0.2, 0.25) is 5.95 Å². The van der Waals surface area contributed by atoms with Crippen molar-refractivity contribution in [2.24, 2.45) is 5.73 Å². The number of anilines is 1. The number of nitrogens with zero attached hydrogens (tertiary/aromatic N) is 4. The van der Waals surface area contributed by atoms with E-state index in [0.29, 0.717) is 28.5 Å². The number of nitrogens with one attached hydrogen (secondary N) is 1. The zero-order chi connectivity index (χ0) is 16.9. The van der Waals surface area contributed by atoms with Gasteiger partial charge < -0.3 is 20.5 Å². The Hall–Kier alpha value is -2.23. The Morgan fingerprint density at radius 1 is 1.38 bits per heavy atom. The monoisotopic (exact) mass is 352 g/mol. The summed E-state index contributed by atoms with van der Waals surface area (Å²) in [6.45, 7) is 4.89. The first-order chi connectivity index (χ1) is 11.6. The standard InChI is InChI=1S/C14H17ClN6O3/c15-9-7-10-12(11(8-9)24-13(16)22)19-20-14(18-10)17-1-2-21-3-5-23-6-4-21/h7-8H,1-6H2,(H2,16,22)(H,17,18,20). The molecule has 0 radical (unpaired) electrons. The van der Waals surface area contributed by atoms with E-state index in [0.717, 1.165) is 32.8 Å². The number of aromatic nitrogens is 3. The summed E-state index contributed by atoms with van der Waals surface area (Å²) in [4.78, 5) is 17.6. The average Bonchev–Trinajstić information content (AvgIpc) is 2.55. The van der Waals surface area contributed by atoms with Crippen LogP contribution in [0.2, 0.25) is 5.02 Å². The summed E-state index contributed by atoms with van der Waals surface area (Å²) in [5.41, 5.74) is 5.81. The third-order valence-corrected chi connectivity index (χ3v) is 3.73. The van der Waals surface area contributed by atoms with Gasteiger partial charge in [0.05, 0.1) is 18.7 Å². The summed E-state index contributed by atoms with van der Waals surface area (Å²) in [6.07, 6.45) is -0.951. The van der Waals surface area contributed by atoms with E-state index in [1.807, 2.05) is 0 Å². The van der Waals surface area contributed by atoms with Crippen LogP contribution < -0.4 is 15.8 Å². The highest BCUT2D eigenvalue weighted by Gasteiger charge is 2.13. The van der Waals surface area contributed by atoms with Crippen LogP contribution in [0.1, 0.15) is 0 Å². The van der Waals surface area contributed by atoms with Crippen molar-refractivity contribution < 1.29 is 14.3 Å². The van der Waals surface area contributed by atoms with Crippen LogP contribution in [0.3, 0.4) is 0 Å². The van der Waals surface area contributed by atoms with Gasteiger partial charge in [0, 0.05) is 37.3 Å². The molecule has 10 heteroatoms. The first-order valence-corrected chi connectivity index (χ1v) is 7.85. The van der Waals surface area contributed by atoms with Gasteiger partial charge in [0.1, 0.15) is 0 Å². The summed E-state index contributed by atoms with van der Waals surface area (Å²) in [7, 11) is 0. The Kier molecular flexibility index (Phi) is 5.24. The summed E-state index contributed by atoms with van der Waals surface area (Å²) < 4.78 is 10.2. The summed E-state index contributed by atoms with van der Waals surface area (Å²) >= 11 is 6.01. The fraction of sp³-hybridized carbons (Fsp3) is 0.429. The molecule has 0 bridgehead atoms. The van der Waals surface area contributed by atoms with Crippen molar-refractivity contribution in [1.82, 2.24) is 20.1 Å². The van der Waals surface area contributed by atoms with Crippen LogP contribution in [0.5, 0.6) is 5.75 Å². The van der Waals surface area contributed by atoms with Crippen molar-refractivity contribution in [2.45, 2.75) is 0 Å². The van der Waals surface area contributed by atoms with Crippen molar-refractivity contribution >= 4 is 34.7 Å². The first-order valence-electron chi connectivity index (χ1n) is 7.47. The molecule has 1 aromatic carbocycles. The maximum absolute atomic E-state index is 10.9. The second-order valence-electron chi connectivity index (χ2n) is 5.21. The number of morpholine rings is 1. The number of amides is 1. The highest BCUT2D eigenvalue weighted by atomic mass is 35.5. The topological polar surface area (TPSA) is 115 Å². The minimum atomic E-state index is -0.951. The Labute approximate surface area is 143 Å². The lowest BCUT2D eigenvalue weighted by Crippen LogP contribution is -2.39. The molecule has 128 valence electrons. The molecule has 24 heavy (non-hydrogen) atoms. The number of ether oxygens (including phenoxy) is 2. The summed E-state index contributed by atoms with van der Waals surface area (Å²) in [5, 5.41) is 11.5. The predicted octanol–water partition coefficient (Wildman–Crippen LogP) is 0.880. The number of carbonyl (C=O) groups excluding carboxylic acids is 1. The number of hydrogen-bond donors (Lipinski definition) is 2. The normalized spacial score (nSPS) is 15.4. The number of halogens is 1. The SMILES string of the molecule is NC(=O)Oc1cc(Cl)cc2nc(NCCN3CCOCC3)nnc12. The average molecular weight is 353 g/mol. The third-order valence-electron chi connectivity index (χ3n) is 3.52. The van der Waals surface area contributed by atoms with Gasteiger partial charge in [-0.1, -0.05) is 11.6 Å². The lowest BCUT2D eigenvalue weighted by Gasteiger charge is -2.26. The molecule has 3 rings (SSSR count). The molecular weight excluding hydrogens is 336 g/mol. The number of carbonyl (C=O) groups is 1. The van der Waals surface area contributed by atoms with Crippen molar-refractivity contribution in [3.05, 3.63) is 17.2 Å². The Morgan fingerprint density at radius 3 is 2.92 bits per heavy atom. The number of nitrogens with two attached hydrogens (primary N) is 1. The molecule has 1 aliphatic rings. The van der Waals surface area contributed by atoms with Gasteiger partial charge in [-0.2, -0.15) is 0 Å². The molecule has 0 aliphatic carbocycles. The van der Waals surface area contributed by atoms with Crippen LogP contribution in [0.25, 0.3) is 11.0 Å². The third kappa shape index (κ3) is 4.19. The Bertz CT molecular complexity index is 738. The fourth-order valence-electron chi connectivity index (χ4n) is 2.39. The van der Waals surface area contributed by atoms with Crippen molar-refractivity contribution in [2.75, 3.05) is 44.7 Å². The number of hydrogen-bond acceptors (Lipinski definition) is 8. The van der Waals surface area contributed by atoms with Crippen molar-refractivity contribution in [3.63, 3.8) is 0 Å². The van der Waals surface area contributed by atoms with E-state index in [9.17, 15) is 4.79 Å². The van der Waals surface area contributed by atoms with E-state index in [2.05, 4.69) is 25.4 Å². The predicted molar refractivity (Wildman–Crippen MR) is 88.3 cm³/mol. The number of primary amides is 1. The van der Waals surface area contributed by atoms with E-state index in [-0.39, 0.29) is 5.75 Å². The molecule has 1 aliphatic heterocycles. The quantitative estimate of drug-likeness (QED) is 0.814. The minimum absolute atomic E-state index is 0.130. The highest BCUT2D eigenvalue weighted by Crippen LogP contribution is 2.27. The summed E-state index contributed by atoms with van der Waals surface area (Å²) in [5.74, 6) is 0.507. The molecule has 2 aromatic rings. The van der Waals surface area contributed by atoms with Crippen LogP contribution >= 0.6 is 11.6 Å². The molecule has 2 heterocycles. The molecule has 0 atom stereocenters. The molecule has 1 fully saturated rings. The second kappa shape index (κ2) is 7.56. The molecule has 0 saturated carbocycles. The van der Waals surface area contributed by atoms with Crippen molar-refractivity contribution in [1.29, 1.82) is 0 Å². The molecule has 1 saturated heterocycles. The highest BCUT2D eigenvalue weighted by molar-refractivity contribution is 6.31. The summed E-state index contributed by atoms with van der Waals surface area (Å²) in [6, 6.07) is 3.06. The van der Waals surface area contributed by atoms with Gasteiger partial charge in [0.25, 0.3) is 0 Å². The van der Waals surface area contributed by atoms with Crippen LogP contribution in [-0.2, 0) is 4.74 Å². The first kappa shape index (κ1) is 16.6. The Morgan fingerprint density at radius 2 is 2.17 bits per heavy atom. The van der Waals surface area contributed by atoms with E-state index in [4.69, 9.17) is 26.8 Å². The maximum Gasteiger partial charge on any atom is 0.410 e. The van der Waals surface area contributed by atoms with E-state index < -0.39 is 6.09 Å². The molecule has 1 amide bonds. The second-order valence-corrected chi connectivity index (χ2v) is 5.65. The lowest BCUT2D eigenvalue weighted by molar-refractivity contribution is 0.0398. The van der Waals surface area contributed by atoms with Gasteiger partial charge in [-0.15, -0.1) is 10.2 Å². The molecule has 3 N–H and O–H groups in total. The van der Waals surface area contributed by atoms with Gasteiger partial charge in [-0.3, -0.25) is 4.90 Å². The smallest absolute Gasteiger partial charge is 0.408 e. The number of rotatable bonds is 5. The largest absolute Gasteiger partial charge is 0.410 e. The molecular formula is C14H17ClN6O3. The van der Waals surface area contributed by atoms with E-state index in [1.54, 1.807) is 6.07 Å². The minimum Gasteiger partial charge on any atom is -0.408 e. The molecule has 0 unspecified atom stereocenters. The van der Waals surface area contributed by atoms with Crippen LogP contribution in [0.4, 0.5) is 10.7 Å². The van der Waals surface area contributed by atoms with E-state index >= 15 is 0 Å². The number of benzene rings is 1. The zero-order valence-corrected chi connectivity index (χ0v) is 13.6. The van der Waals surface area contributed by atoms with Crippen molar-refractivity contribution in [3.8, 4) is 5.75 Å². The Balaban J connectivity index is 1.69. The fourth-order valence-corrected chi connectivity index (χ4v) is 2.59. The molecule has 1 aromatic heterocycles. The number of fused-ring (bicyclic) bond motifs is 1. The zero-order valence-electron chi connectivity index (χ0n) is 12.9. The van der Waals surface area contributed by atoms with Gasteiger partial charge in [-0.05, 0) is 6.07 Å². The van der Waals surface area contributed by atoms with Gasteiger partial charge >= 0.3 is 6.09 Å². The molecule has 0 spiro atoms. The van der Waals surface area contributed by atoms with E-state index in [1.165, 1.54) is 6.07 Å². The molecule has 9 nitrogen and oxygen atoms in total. The van der Waals surface area contributed by atoms with Crippen LogP contribution in [0, 0.1) is 0 Å². The van der Waals surface area contributed by atoms with Gasteiger partial charge in [-0.25, -0.2) is 9.78 Å². The maximum atomic E-state index is 10.9.